The molecule has 2 aromatic carbocycles. The lowest BCUT2D eigenvalue weighted by molar-refractivity contribution is -0.142. The van der Waals surface area contributed by atoms with Gasteiger partial charge in [-0.1, -0.05) is 60.0 Å². The number of nitrogens with one attached hydrogen (secondary N) is 1. The van der Waals surface area contributed by atoms with Crippen molar-refractivity contribution < 1.29 is 14.3 Å². The van der Waals surface area contributed by atoms with E-state index in [9.17, 15) is 9.59 Å². The summed E-state index contributed by atoms with van der Waals surface area (Å²) in [4.78, 5) is 24.0. The third-order valence-corrected chi connectivity index (χ3v) is 3.46. The van der Waals surface area contributed by atoms with Gasteiger partial charge in [0.2, 0.25) is 0 Å². The molecule has 0 aliphatic carbocycles. The van der Waals surface area contributed by atoms with Crippen molar-refractivity contribution in [1.29, 1.82) is 0 Å². The van der Waals surface area contributed by atoms with Crippen molar-refractivity contribution in [2.75, 3.05) is 13.2 Å². The average Bonchev–Trinajstić information content (AvgIpc) is 2.64. The minimum atomic E-state index is -0.609. The quantitative estimate of drug-likeness (QED) is 0.375. The number of amides is 1. The van der Waals surface area contributed by atoms with Crippen molar-refractivity contribution in [1.82, 2.24) is 5.32 Å². The van der Waals surface area contributed by atoms with Crippen molar-refractivity contribution in [2.45, 2.75) is 0 Å². The van der Waals surface area contributed by atoms with Gasteiger partial charge in [0, 0.05) is 5.02 Å². The fourth-order valence-electron chi connectivity index (χ4n) is 2.01. The Labute approximate surface area is 151 Å². The standard InChI is InChI=1S/C20H16ClNO3/c1-2-12-22-19(23)14-25-20(24)18(13-15-6-4-3-5-7-15)16-8-10-17(21)11-9-16/h1,3-11,13H,12,14H2,(H,22,23)/b18-13+. The smallest absolute Gasteiger partial charge is 0.339 e. The van der Waals surface area contributed by atoms with E-state index in [1.807, 2.05) is 30.3 Å². The summed E-state index contributed by atoms with van der Waals surface area (Å²) in [6, 6.07) is 16.1. The Hall–Kier alpha value is -3.03. The molecule has 4 nitrogen and oxygen atoms in total. The average molecular weight is 354 g/mol. The summed E-state index contributed by atoms with van der Waals surface area (Å²) in [6.45, 7) is -0.319. The van der Waals surface area contributed by atoms with Crippen LogP contribution in [0.5, 0.6) is 0 Å². The number of esters is 1. The van der Waals surface area contributed by atoms with E-state index in [1.165, 1.54) is 0 Å². The molecule has 0 spiro atoms. The van der Waals surface area contributed by atoms with E-state index in [2.05, 4.69) is 11.2 Å². The van der Waals surface area contributed by atoms with Crippen LogP contribution in [0, 0.1) is 12.3 Å². The Morgan fingerprint density at radius 1 is 1.12 bits per heavy atom. The van der Waals surface area contributed by atoms with Crippen LogP contribution in [0.4, 0.5) is 0 Å². The molecule has 2 rings (SSSR count). The molecule has 0 fully saturated rings. The van der Waals surface area contributed by atoms with E-state index in [4.69, 9.17) is 22.8 Å². The Morgan fingerprint density at radius 3 is 2.44 bits per heavy atom. The van der Waals surface area contributed by atoms with Gasteiger partial charge in [0.1, 0.15) is 0 Å². The first kappa shape index (κ1) is 18.3. The Morgan fingerprint density at radius 2 is 1.80 bits per heavy atom. The maximum Gasteiger partial charge on any atom is 0.339 e. The lowest BCUT2D eigenvalue weighted by Gasteiger charge is -2.09. The first-order valence-corrected chi connectivity index (χ1v) is 7.88. The topological polar surface area (TPSA) is 55.4 Å². The third kappa shape index (κ3) is 5.83. The van der Waals surface area contributed by atoms with Gasteiger partial charge in [0.25, 0.3) is 5.91 Å². The molecule has 0 heterocycles. The van der Waals surface area contributed by atoms with Crippen molar-refractivity contribution in [3.8, 4) is 12.3 Å². The second-order valence-corrected chi connectivity index (χ2v) is 5.47. The highest BCUT2D eigenvalue weighted by atomic mass is 35.5. The highest BCUT2D eigenvalue weighted by Crippen LogP contribution is 2.22. The zero-order valence-corrected chi connectivity index (χ0v) is 14.1. The molecule has 25 heavy (non-hydrogen) atoms. The van der Waals surface area contributed by atoms with Gasteiger partial charge in [-0.25, -0.2) is 4.79 Å². The zero-order valence-electron chi connectivity index (χ0n) is 13.4. The predicted molar refractivity (Wildman–Crippen MR) is 98.6 cm³/mol. The molecular formula is C20H16ClNO3. The molecule has 1 N–H and O–H groups in total. The molecule has 0 radical (unpaired) electrons. The number of benzene rings is 2. The van der Waals surface area contributed by atoms with Crippen LogP contribution in [0.15, 0.2) is 54.6 Å². The summed E-state index contributed by atoms with van der Waals surface area (Å²) in [5.41, 5.74) is 1.80. The first-order chi connectivity index (χ1) is 12.1. The zero-order chi connectivity index (χ0) is 18.1. The monoisotopic (exact) mass is 353 g/mol. The maximum atomic E-state index is 12.5. The summed E-state index contributed by atoms with van der Waals surface area (Å²) in [7, 11) is 0. The normalized spacial score (nSPS) is 10.6. The fourth-order valence-corrected chi connectivity index (χ4v) is 2.14. The molecule has 0 bridgehead atoms. The number of hydrogen-bond donors (Lipinski definition) is 1. The molecule has 126 valence electrons. The molecule has 5 heteroatoms. The van der Waals surface area contributed by atoms with Gasteiger partial charge in [-0.3, -0.25) is 4.79 Å². The summed E-state index contributed by atoms with van der Waals surface area (Å²) >= 11 is 5.90. The van der Waals surface area contributed by atoms with E-state index in [1.54, 1.807) is 30.3 Å². The van der Waals surface area contributed by atoms with Crippen LogP contribution in [-0.2, 0) is 14.3 Å². The molecule has 0 aliphatic heterocycles. The minimum absolute atomic E-state index is 0.0836. The summed E-state index contributed by atoms with van der Waals surface area (Å²) < 4.78 is 5.10. The Kier molecular flexibility index (Phi) is 6.82. The van der Waals surface area contributed by atoms with Gasteiger partial charge < -0.3 is 10.1 Å². The number of terminal acetylenes is 1. The van der Waals surface area contributed by atoms with E-state index < -0.39 is 18.5 Å². The minimum Gasteiger partial charge on any atom is -0.452 e. The lowest BCUT2D eigenvalue weighted by Crippen LogP contribution is -2.29. The number of rotatable bonds is 6. The van der Waals surface area contributed by atoms with Crippen molar-refractivity contribution in [2.24, 2.45) is 0 Å². The SMILES string of the molecule is C#CCNC(=O)COC(=O)/C(=C/c1ccccc1)c1ccc(Cl)cc1. The first-order valence-electron chi connectivity index (χ1n) is 7.50. The number of carbonyl (C=O) groups is 2. The van der Waals surface area contributed by atoms with Gasteiger partial charge in [-0.15, -0.1) is 6.42 Å². The number of ether oxygens (including phenoxy) is 1. The molecule has 1 amide bonds. The Balaban J connectivity index is 2.21. The van der Waals surface area contributed by atoms with E-state index >= 15 is 0 Å². The molecule has 2 aromatic rings. The van der Waals surface area contributed by atoms with Gasteiger partial charge in [-0.2, -0.15) is 0 Å². The van der Waals surface area contributed by atoms with Crippen LogP contribution < -0.4 is 5.32 Å². The van der Waals surface area contributed by atoms with Gasteiger partial charge in [-0.05, 0) is 29.3 Å². The fraction of sp³-hybridized carbons (Fsp3) is 0.100. The predicted octanol–water partition coefficient (Wildman–Crippen LogP) is 3.17. The Bertz CT molecular complexity index is 805. The molecule has 0 aliphatic rings. The molecule has 0 saturated carbocycles. The maximum absolute atomic E-state index is 12.5. The van der Waals surface area contributed by atoms with Crippen molar-refractivity contribution in [3.63, 3.8) is 0 Å². The van der Waals surface area contributed by atoms with E-state index in [0.717, 1.165) is 5.56 Å². The van der Waals surface area contributed by atoms with E-state index in [0.29, 0.717) is 16.2 Å². The van der Waals surface area contributed by atoms with Crippen molar-refractivity contribution >= 4 is 35.1 Å². The van der Waals surface area contributed by atoms with Crippen LogP contribution in [0.2, 0.25) is 5.02 Å². The number of halogens is 1. The number of hydrogen-bond acceptors (Lipinski definition) is 3. The molecule has 0 saturated heterocycles. The van der Waals surface area contributed by atoms with E-state index in [-0.39, 0.29) is 6.54 Å². The van der Waals surface area contributed by atoms with Crippen LogP contribution >= 0.6 is 11.6 Å². The summed E-state index contributed by atoms with van der Waals surface area (Å²) in [5, 5.41) is 2.99. The molecule has 0 atom stereocenters. The second-order valence-electron chi connectivity index (χ2n) is 5.03. The van der Waals surface area contributed by atoms with Gasteiger partial charge in [0.05, 0.1) is 12.1 Å². The van der Waals surface area contributed by atoms with Gasteiger partial charge >= 0.3 is 5.97 Å². The third-order valence-electron chi connectivity index (χ3n) is 3.21. The molecule has 0 aromatic heterocycles. The summed E-state index contributed by atoms with van der Waals surface area (Å²) in [6.07, 6.45) is 6.76. The van der Waals surface area contributed by atoms with Crippen LogP contribution in [-0.4, -0.2) is 25.0 Å². The highest BCUT2D eigenvalue weighted by molar-refractivity contribution is 6.30. The van der Waals surface area contributed by atoms with Crippen LogP contribution in [0.25, 0.3) is 11.6 Å². The highest BCUT2D eigenvalue weighted by Gasteiger charge is 2.15. The number of carbonyl (C=O) groups excluding carboxylic acids is 2. The van der Waals surface area contributed by atoms with Gasteiger partial charge in [0.15, 0.2) is 6.61 Å². The summed E-state index contributed by atoms with van der Waals surface area (Å²) in [5.74, 6) is 1.21. The van der Waals surface area contributed by atoms with Crippen LogP contribution in [0.1, 0.15) is 11.1 Å². The molecule has 0 unspecified atom stereocenters. The second kappa shape index (κ2) is 9.31. The lowest BCUT2D eigenvalue weighted by atomic mass is 10.0. The van der Waals surface area contributed by atoms with Crippen LogP contribution in [0.3, 0.4) is 0 Å². The molecular weight excluding hydrogens is 338 g/mol. The largest absolute Gasteiger partial charge is 0.452 e. The van der Waals surface area contributed by atoms with Crippen molar-refractivity contribution in [3.05, 3.63) is 70.7 Å².